The highest BCUT2D eigenvalue weighted by molar-refractivity contribution is 6.02. The molecule has 1 amide bonds. The number of aromatic nitrogens is 3. The molecule has 2 aromatic carbocycles. The Kier molecular flexibility index (Phi) is 7.69. The summed E-state index contributed by atoms with van der Waals surface area (Å²) in [6, 6.07) is 8.72. The van der Waals surface area contributed by atoms with Gasteiger partial charge in [0.15, 0.2) is 17.4 Å². The number of nitrogens with zero attached hydrogens (tertiary/aromatic N) is 5. The topological polar surface area (TPSA) is 89.6 Å². The highest BCUT2D eigenvalue weighted by atomic mass is 19.4. The number of carbonyl (C=O) groups is 1. The first-order valence-corrected chi connectivity index (χ1v) is 14.0. The number of halogens is 4. The molecule has 13 heteroatoms. The molecule has 0 spiro atoms. The molecule has 6 rings (SSSR count). The summed E-state index contributed by atoms with van der Waals surface area (Å²) in [6.07, 6.45) is -2.67. The highest BCUT2D eigenvalue weighted by Gasteiger charge is 2.35. The number of alkyl halides is 3. The summed E-state index contributed by atoms with van der Waals surface area (Å²) in [5.74, 6) is -1.50. The zero-order chi connectivity index (χ0) is 30.3. The van der Waals surface area contributed by atoms with Crippen LogP contribution in [0.5, 0.6) is 11.6 Å². The smallest absolute Gasteiger partial charge is 0.416 e. The Hall–Kier alpha value is -4.23. The van der Waals surface area contributed by atoms with E-state index in [-0.39, 0.29) is 40.8 Å². The number of rotatable bonds is 7. The maximum atomic E-state index is 15.4. The molecule has 2 aliphatic heterocycles. The van der Waals surface area contributed by atoms with Crippen molar-refractivity contribution >= 4 is 28.3 Å². The molecular weight excluding hydrogens is 566 g/mol. The Labute approximate surface area is 245 Å². The third-order valence-electron chi connectivity index (χ3n) is 7.88. The van der Waals surface area contributed by atoms with E-state index in [1.807, 2.05) is 11.9 Å². The minimum Gasteiger partial charge on any atom is -0.435 e. The van der Waals surface area contributed by atoms with Crippen LogP contribution in [0.4, 0.5) is 29.1 Å². The molecule has 43 heavy (non-hydrogen) atoms. The fourth-order valence-corrected chi connectivity index (χ4v) is 5.32. The minimum atomic E-state index is -4.59. The molecule has 0 aliphatic carbocycles. The maximum Gasteiger partial charge on any atom is 0.416 e. The summed E-state index contributed by atoms with van der Waals surface area (Å²) < 4.78 is 63.8. The zero-order valence-corrected chi connectivity index (χ0v) is 23.8. The number of aromatic amines is 1. The van der Waals surface area contributed by atoms with Crippen LogP contribution in [0.2, 0.25) is 0 Å². The van der Waals surface area contributed by atoms with Gasteiger partial charge in [-0.3, -0.25) is 9.69 Å². The number of amides is 1. The lowest BCUT2D eigenvalue weighted by Crippen LogP contribution is -2.44. The number of H-pyrrole nitrogens is 1. The van der Waals surface area contributed by atoms with Crippen LogP contribution in [0.25, 0.3) is 10.9 Å². The van der Waals surface area contributed by atoms with E-state index < -0.39 is 23.5 Å². The average molecular weight is 598 g/mol. The molecule has 2 aliphatic rings. The monoisotopic (exact) mass is 597 g/mol. The largest absolute Gasteiger partial charge is 0.435 e. The van der Waals surface area contributed by atoms with Crippen LogP contribution < -0.4 is 10.1 Å². The van der Waals surface area contributed by atoms with Crippen molar-refractivity contribution < 1.29 is 27.1 Å². The van der Waals surface area contributed by atoms with Crippen LogP contribution in [0.15, 0.2) is 42.7 Å². The molecule has 0 atom stereocenters. The first-order chi connectivity index (χ1) is 20.6. The van der Waals surface area contributed by atoms with Gasteiger partial charge in [-0.1, -0.05) is 6.07 Å². The highest BCUT2D eigenvalue weighted by Crippen LogP contribution is 2.37. The molecule has 4 heterocycles. The molecule has 2 aromatic heterocycles. The Morgan fingerprint density at radius 3 is 2.51 bits per heavy atom. The molecule has 2 fully saturated rings. The van der Waals surface area contributed by atoms with Gasteiger partial charge in [-0.15, -0.1) is 0 Å². The second kappa shape index (κ2) is 11.5. The molecule has 0 saturated carbocycles. The van der Waals surface area contributed by atoms with Crippen molar-refractivity contribution in [3.8, 4) is 11.6 Å². The second-order valence-electron chi connectivity index (χ2n) is 11.0. The van der Waals surface area contributed by atoms with Crippen LogP contribution in [-0.4, -0.2) is 81.9 Å². The lowest BCUT2D eigenvalue weighted by Gasteiger charge is -2.33. The summed E-state index contributed by atoms with van der Waals surface area (Å²) in [6.45, 7) is 5.89. The maximum absolute atomic E-state index is 15.4. The van der Waals surface area contributed by atoms with Gasteiger partial charge in [-0.2, -0.15) is 13.2 Å². The lowest BCUT2D eigenvalue weighted by molar-refractivity contribution is -0.138. The van der Waals surface area contributed by atoms with Crippen molar-refractivity contribution in [1.29, 1.82) is 0 Å². The van der Waals surface area contributed by atoms with Gasteiger partial charge in [0.2, 0.25) is 5.88 Å². The molecule has 0 radical (unpaired) electrons. The number of hydrogen-bond donors (Lipinski definition) is 2. The number of likely N-dealkylation sites (N-methyl/N-ethyl adjacent to an activating group) is 1. The van der Waals surface area contributed by atoms with E-state index >= 15 is 4.39 Å². The summed E-state index contributed by atoms with van der Waals surface area (Å²) >= 11 is 0. The predicted octanol–water partition coefficient (Wildman–Crippen LogP) is 5.55. The van der Waals surface area contributed by atoms with E-state index in [0.717, 1.165) is 37.6 Å². The molecular formula is C30H31F4N7O2. The van der Waals surface area contributed by atoms with Crippen LogP contribution in [0.1, 0.15) is 33.6 Å². The Morgan fingerprint density at radius 2 is 1.81 bits per heavy atom. The van der Waals surface area contributed by atoms with Crippen molar-refractivity contribution in [2.75, 3.05) is 51.6 Å². The third-order valence-corrected chi connectivity index (χ3v) is 7.88. The van der Waals surface area contributed by atoms with E-state index in [4.69, 9.17) is 4.74 Å². The van der Waals surface area contributed by atoms with E-state index in [9.17, 15) is 18.0 Å². The Bertz CT molecular complexity index is 1660. The van der Waals surface area contributed by atoms with Gasteiger partial charge in [-0.25, -0.2) is 14.4 Å². The van der Waals surface area contributed by atoms with E-state index in [1.54, 1.807) is 24.0 Å². The van der Waals surface area contributed by atoms with Crippen molar-refractivity contribution in [1.82, 2.24) is 29.7 Å². The molecule has 226 valence electrons. The normalized spacial score (nSPS) is 16.4. The fraction of sp³-hybridized carbons (Fsp3) is 0.367. The number of piperazine rings is 1. The average Bonchev–Trinajstić information content (AvgIpc) is 3.32. The number of anilines is 2. The van der Waals surface area contributed by atoms with Gasteiger partial charge in [0, 0.05) is 68.1 Å². The molecule has 9 nitrogen and oxygen atoms in total. The van der Waals surface area contributed by atoms with Crippen molar-refractivity contribution in [2.45, 2.75) is 26.1 Å². The quantitative estimate of drug-likeness (QED) is 0.270. The van der Waals surface area contributed by atoms with Crippen LogP contribution in [0.3, 0.4) is 0 Å². The molecule has 2 saturated heterocycles. The number of benzene rings is 2. The van der Waals surface area contributed by atoms with Gasteiger partial charge in [0.05, 0.1) is 5.56 Å². The molecule has 2 N–H and O–H groups in total. The molecule has 0 unspecified atom stereocenters. The van der Waals surface area contributed by atoms with Crippen LogP contribution >= 0.6 is 0 Å². The van der Waals surface area contributed by atoms with Gasteiger partial charge < -0.3 is 24.8 Å². The first kappa shape index (κ1) is 28.9. The van der Waals surface area contributed by atoms with Crippen LogP contribution in [-0.2, 0) is 12.7 Å². The van der Waals surface area contributed by atoms with E-state index in [1.165, 1.54) is 18.2 Å². The second-order valence-corrected chi connectivity index (χ2v) is 11.0. The number of ether oxygens (including phenoxy) is 1. The number of likely N-dealkylation sites (tertiary alicyclic amines) is 1. The fourth-order valence-electron chi connectivity index (χ4n) is 5.32. The number of carbonyl (C=O) groups excluding carboxylic acids is 1. The lowest BCUT2D eigenvalue weighted by atomic mass is 10.0. The van der Waals surface area contributed by atoms with E-state index in [2.05, 4.69) is 25.2 Å². The molecule has 4 aromatic rings. The number of hydrogen-bond acceptors (Lipinski definition) is 7. The standard InChI is InChI=1S/C30H31F4N7O2/c1-18-14-21-23(37-18)6-7-24(26(21)31)43-28-25(29(42)41-8-3-9-41)27(35-17-36-28)38-20-5-4-19(22(15-20)30(32,33)34)16-40-12-10-39(2)11-13-40/h4-7,14-15,17,37H,3,8-13,16H2,1-2H3,(H,35,36,38). The zero-order valence-electron chi connectivity index (χ0n) is 23.8. The minimum absolute atomic E-state index is 0.0409. The Morgan fingerprint density at radius 1 is 1.05 bits per heavy atom. The van der Waals surface area contributed by atoms with Gasteiger partial charge >= 0.3 is 6.18 Å². The number of fused-ring (bicyclic) bond motifs is 1. The SMILES string of the molecule is Cc1cc2c(F)c(Oc3ncnc(Nc4ccc(CN5CCN(C)CC5)c(C(F)(F)F)c4)c3C(=O)N3CCC3)ccc2[nH]1. The third kappa shape index (κ3) is 6.00. The van der Waals surface area contributed by atoms with Gasteiger partial charge in [0.25, 0.3) is 5.91 Å². The number of aryl methyl sites for hydroxylation is 1. The predicted molar refractivity (Wildman–Crippen MR) is 153 cm³/mol. The van der Waals surface area contributed by atoms with Gasteiger partial charge in [-0.05, 0) is 56.3 Å². The van der Waals surface area contributed by atoms with Crippen molar-refractivity contribution in [3.05, 3.63) is 70.9 Å². The van der Waals surface area contributed by atoms with Crippen LogP contribution in [0, 0.1) is 12.7 Å². The summed E-state index contributed by atoms with van der Waals surface area (Å²) in [4.78, 5) is 30.6. The summed E-state index contributed by atoms with van der Waals surface area (Å²) in [7, 11) is 1.99. The number of nitrogens with one attached hydrogen (secondary N) is 2. The van der Waals surface area contributed by atoms with Crippen molar-refractivity contribution in [2.24, 2.45) is 0 Å². The molecule has 0 bridgehead atoms. The van der Waals surface area contributed by atoms with E-state index in [0.29, 0.717) is 37.1 Å². The first-order valence-electron chi connectivity index (χ1n) is 14.0. The summed E-state index contributed by atoms with van der Waals surface area (Å²) in [5.41, 5.74) is 0.739. The van der Waals surface area contributed by atoms with Gasteiger partial charge in [0.1, 0.15) is 11.9 Å². The van der Waals surface area contributed by atoms with Crippen molar-refractivity contribution in [3.63, 3.8) is 0 Å². The summed E-state index contributed by atoms with van der Waals surface area (Å²) in [5, 5.41) is 3.20. The Balaban J connectivity index is 1.34.